The summed E-state index contributed by atoms with van der Waals surface area (Å²) in [4.78, 5) is 41.9. The first kappa shape index (κ1) is 22.2. The third-order valence-corrected chi connectivity index (χ3v) is 5.76. The fraction of sp³-hybridized carbons (Fsp3) is 0.174. The molecule has 1 N–H and O–H groups in total. The number of carbonyl (C=O) groups is 2. The van der Waals surface area contributed by atoms with E-state index in [1.165, 1.54) is 35.4 Å². The monoisotopic (exact) mass is 465 g/mol. The summed E-state index contributed by atoms with van der Waals surface area (Å²) >= 11 is 1.16. The Bertz CT molecular complexity index is 1230. The van der Waals surface area contributed by atoms with Crippen LogP contribution in [0.4, 0.5) is 10.8 Å². The number of nitro groups is 1. The molecule has 2 aromatic carbocycles. The average Bonchev–Trinajstić information content (AvgIpc) is 3.40. The maximum atomic E-state index is 13.0. The van der Waals surface area contributed by atoms with Crippen LogP contribution >= 0.6 is 11.3 Å². The van der Waals surface area contributed by atoms with E-state index in [1.54, 1.807) is 29.6 Å². The molecule has 33 heavy (non-hydrogen) atoms. The molecule has 0 unspecified atom stereocenters. The van der Waals surface area contributed by atoms with Gasteiger partial charge in [-0.3, -0.25) is 24.6 Å². The number of thiazole rings is 1. The molecule has 10 heteroatoms. The molecule has 0 aliphatic carbocycles. The van der Waals surface area contributed by atoms with E-state index in [0.29, 0.717) is 16.9 Å². The summed E-state index contributed by atoms with van der Waals surface area (Å²) in [5.41, 5.74) is 0.499. The lowest BCUT2D eigenvalue weighted by Crippen LogP contribution is -2.29. The minimum Gasteiger partial charge on any atom is -0.507 e. The fourth-order valence-corrected chi connectivity index (χ4v) is 4.24. The van der Waals surface area contributed by atoms with Gasteiger partial charge in [0.05, 0.1) is 22.6 Å². The van der Waals surface area contributed by atoms with Crippen molar-refractivity contribution >= 4 is 39.6 Å². The first-order valence-corrected chi connectivity index (χ1v) is 10.9. The molecule has 0 radical (unpaired) electrons. The van der Waals surface area contributed by atoms with Gasteiger partial charge in [0, 0.05) is 29.3 Å². The van der Waals surface area contributed by atoms with Gasteiger partial charge >= 0.3 is 5.91 Å². The number of non-ortho nitro benzene ring substituents is 1. The number of amides is 1. The molecule has 0 bridgehead atoms. The zero-order valence-corrected chi connectivity index (χ0v) is 18.5. The maximum Gasteiger partial charge on any atom is 0.301 e. The maximum absolute atomic E-state index is 13.0. The van der Waals surface area contributed by atoms with E-state index in [4.69, 9.17) is 4.74 Å². The fourth-order valence-electron chi connectivity index (χ4n) is 3.58. The summed E-state index contributed by atoms with van der Waals surface area (Å²) in [5, 5.41) is 24.1. The number of nitrogens with zero attached hydrogens (tertiary/aromatic N) is 3. The number of aromatic nitrogens is 1. The minimum atomic E-state index is -0.997. The molecule has 2 heterocycles. The second-order valence-electron chi connectivity index (χ2n) is 7.52. The van der Waals surface area contributed by atoms with Crippen molar-refractivity contribution in [3.8, 4) is 5.75 Å². The van der Waals surface area contributed by atoms with Crippen molar-refractivity contribution in [2.75, 3.05) is 4.90 Å². The lowest BCUT2D eigenvalue weighted by atomic mass is 9.95. The molecule has 1 amide bonds. The molecule has 1 aliphatic rings. The van der Waals surface area contributed by atoms with E-state index in [-0.39, 0.29) is 28.3 Å². The minimum absolute atomic E-state index is 0.0322. The highest BCUT2D eigenvalue weighted by molar-refractivity contribution is 7.14. The van der Waals surface area contributed by atoms with Crippen LogP contribution in [0.25, 0.3) is 5.76 Å². The topological polar surface area (TPSA) is 123 Å². The van der Waals surface area contributed by atoms with E-state index in [9.17, 15) is 24.8 Å². The van der Waals surface area contributed by atoms with Crippen LogP contribution in [0, 0.1) is 10.1 Å². The number of benzene rings is 2. The zero-order valence-electron chi connectivity index (χ0n) is 17.7. The smallest absolute Gasteiger partial charge is 0.301 e. The Morgan fingerprint density at radius 3 is 2.36 bits per heavy atom. The number of rotatable bonds is 6. The third-order valence-electron chi connectivity index (χ3n) is 4.99. The van der Waals surface area contributed by atoms with E-state index < -0.39 is 22.7 Å². The summed E-state index contributed by atoms with van der Waals surface area (Å²) in [7, 11) is 0. The predicted molar refractivity (Wildman–Crippen MR) is 122 cm³/mol. The molecule has 4 rings (SSSR count). The van der Waals surface area contributed by atoms with Crippen LogP contribution in [0.2, 0.25) is 0 Å². The number of ketones is 1. The van der Waals surface area contributed by atoms with Gasteiger partial charge in [-0.25, -0.2) is 4.98 Å². The Balaban J connectivity index is 1.84. The Hall–Kier alpha value is -4.05. The molecule has 1 atom stereocenters. The summed E-state index contributed by atoms with van der Waals surface area (Å²) < 4.78 is 5.61. The predicted octanol–water partition coefficient (Wildman–Crippen LogP) is 4.46. The Labute approximate surface area is 192 Å². The van der Waals surface area contributed by atoms with Crippen LogP contribution in [-0.2, 0) is 9.59 Å². The molecule has 1 fully saturated rings. The first-order valence-electron chi connectivity index (χ1n) is 10.00. The summed E-state index contributed by atoms with van der Waals surface area (Å²) in [6.45, 7) is 3.77. The molecule has 3 aromatic rings. The van der Waals surface area contributed by atoms with E-state index in [0.717, 1.165) is 11.3 Å². The van der Waals surface area contributed by atoms with Gasteiger partial charge < -0.3 is 9.84 Å². The molecule has 1 aliphatic heterocycles. The number of hydrogen-bond acceptors (Lipinski definition) is 8. The van der Waals surface area contributed by atoms with Crippen molar-refractivity contribution in [3.05, 3.63) is 86.9 Å². The van der Waals surface area contributed by atoms with Gasteiger partial charge in [0.1, 0.15) is 11.5 Å². The van der Waals surface area contributed by atoms with Crippen LogP contribution in [0.3, 0.4) is 0 Å². The third kappa shape index (κ3) is 4.20. The second-order valence-corrected chi connectivity index (χ2v) is 8.40. The number of ether oxygens (including phenoxy) is 1. The quantitative estimate of drug-likeness (QED) is 0.187. The standard InChI is InChI=1S/C23H19N3O6S/c1-13(2)32-17-9-5-15(6-10-17)20(27)18-19(14-3-7-16(8-4-14)26(30)31)25(22(29)21(18)28)23-24-11-12-33-23/h3-13,19,27H,1-2H3/t19-/m0/s1. The Morgan fingerprint density at radius 1 is 1.15 bits per heavy atom. The highest BCUT2D eigenvalue weighted by atomic mass is 32.1. The van der Waals surface area contributed by atoms with Crippen molar-refractivity contribution in [1.29, 1.82) is 0 Å². The Morgan fingerprint density at radius 2 is 1.82 bits per heavy atom. The number of anilines is 1. The van der Waals surface area contributed by atoms with Gasteiger partial charge in [-0.2, -0.15) is 0 Å². The number of carbonyl (C=O) groups excluding carboxylic acids is 2. The molecular formula is C23H19N3O6S. The highest BCUT2D eigenvalue weighted by Crippen LogP contribution is 2.43. The van der Waals surface area contributed by atoms with E-state index >= 15 is 0 Å². The van der Waals surface area contributed by atoms with Crippen LogP contribution < -0.4 is 9.64 Å². The highest BCUT2D eigenvalue weighted by Gasteiger charge is 2.48. The number of aliphatic hydroxyl groups excluding tert-OH is 1. The first-order chi connectivity index (χ1) is 15.8. The van der Waals surface area contributed by atoms with E-state index in [1.807, 2.05) is 13.8 Å². The molecule has 0 saturated carbocycles. The molecular weight excluding hydrogens is 446 g/mol. The van der Waals surface area contributed by atoms with Gasteiger partial charge in [0.15, 0.2) is 5.13 Å². The molecule has 168 valence electrons. The Kier molecular flexibility index (Phi) is 5.93. The lowest BCUT2D eigenvalue weighted by molar-refractivity contribution is -0.384. The van der Waals surface area contributed by atoms with Crippen molar-refractivity contribution in [1.82, 2.24) is 4.98 Å². The van der Waals surface area contributed by atoms with E-state index in [2.05, 4.69) is 4.98 Å². The van der Waals surface area contributed by atoms with Gasteiger partial charge in [0.25, 0.3) is 11.5 Å². The second kappa shape index (κ2) is 8.83. The van der Waals surface area contributed by atoms with Crippen LogP contribution in [0.15, 0.2) is 65.7 Å². The van der Waals surface area contributed by atoms with Crippen molar-refractivity contribution in [2.24, 2.45) is 0 Å². The zero-order chi connectivity index (χ0) is 23.7. The number of Topliss-reactive ketones (excluding diaryl/α,β-unsaturated/α-hetero) is 1. The van der Waals surface area contributed by atoms with Crippen molar-refractivity contribution in [2.45, 2.75) is 26.0 Å². The molecule has 0 spiro atoms. The normalized spacial score (nSPS) is 17.5. The largest absolute Gasteiger partial charge is 0.507 e. The summed E-state index contributed by atoms with van der Waals surface area (Å²) in [6, 6.07) is 11.0. The van der Waals surface area contributed by atoms with Gasteiger partial charge in [-0.15, -0.1) is 11.3 Å². The van der Waals surface area contributed by atoms with Crippen molar-refractivity contribution in [3.63, 3.8) is 0 Å². The number of hydrogen-bond donors (Lipinski definition) is 1. The lowest BCUT2D eigenvalue weighted by Gasteiger charge is -2.22. The van der Waals surface area contributed by atoms with Gasteiger partial charge in [0.2, 0.25) is 0 Å². The van der Waals surface area contributed by atoms with Crippen molar-refractivity contribution < 1.29 is 24.4 Å². The number of aliphatic hydroxyl groups is 1. The molecule has 1 aromatic heterocycles. The van der Waals surface area contributed by atoms with Crippen LogP contribution in [-0.4, -0.2) is 32.8 Å². The summed E-state index contributed by atoms with van der Waals surface area (Å²) in [6.07, 6.45) is 1.47. The molecule has 1 saturated heterocycles. The van der Waals surface area contributed by atoms with Gasteiger partial charge in [-0.05, 0) is 55.8 Å². The average molecular weight is 465 g/mol. The molecule has 9 nitrogen and oxygen atoms in total. The van der Waals surface area contributed by atoms with Gasteiger partial charge in [-0.1, -0.05) is 0 Å². The van der Waals surface area contributed by atoms with Crippen LogP contribution in [0.1, 0.15) is 31.0 Å². The van der Waals surface area contributed by atoms with Crippen LogP contribution in [0.5, 0.6) is 5.75 Å². The SMILES string of the molecule is CC(C)Oc1ccc(C(O)=C2C(=O)C(=O)N(c3nccs3)[C@H]2c2ccc([N+](=O)[O-])cc2)cc1. The summed E-state index contributed by atoms with van der Waals surface area (Å²) in [5.74, 6) is -1.47. The number of nitro benzene ring substituents is 1.